The van der Waals surface area contributed by atoms with Gasteiger partial charge in [0, 0.05) is 31.9 Å². The zero-order chi connectivity index (χ0) is 19.6. The summed E-state index contributed by atoms with van der Waals surface area (Å²) >= 11 is 1.68. The van der Waals surface area contributed by atoms with Gasteiger partial charge in [0.25, 0.3) is 0 Å². The number of guanidine groups is 1. The van der Waals surface area contributed by atoms with Crippen molar-refractivity contribution in [1.29, 1.82) is 0 Å². The number of hydrogen-bond acceptors (Lipinski definition) is 4. The molecule has 0 fully saturated rings. The number of aliphatic imine (C=N–C) groups is 1. The average molecular weight is 395 g/mol. The Balaban J connectivity index is 1.44. The second kappa shape index (κ2) is 10.5. The number of aryl methyl sites for hydroxylation is 1. The molecule has 2 N–H and O–H groups in total. The van der Waals surface area contributed by atoms with Crippen molar-refractivity contribution in [2.45, 2.75) is 26.5 Å². The first-order chi connectivity index (χ1) is 13.7. The first kappa shape index (κ1) is 19.9. The fourth-order valence-electron chi connectivity index (χ4n) is 2.72. The number of benzene rings is 2. The molecule has 28 heavy (non-hydrogen) atoms. The maximum atomic E-state index is 5.90. The van der Waals surface area contributed by atoms with E-state index in [1.165, 1.54) is 0 Å². The van der Waals surface area contributed by atoms with E-state index in [1.807, 2.05) is 37.3 Å². The van der Waals surface area contributed by atoms with Gasteiger partial charge in [-0.3, -0.25) is 4.99 Å². The summed E-state index contributed by atoms with van der Waals surface area (Å²) in [6.45, 7) is 4.07. The minimum absolute atomic E-state index is 0.567. The molecule has 0 aliphatic heterocycles. The molecule has 0 bridgehead atoms. The third-order valence-electron chi connectivity index (χ3n) is 4.17. The molecule has 0 saturated carbocycles. The number of aromatic nitrogens is 1. The van der Waals surface area contributed by atoms with Crippen LogP contribution in [-0.2, 0) is 19.6 Å². The highest BCUT2D eigenvalue weighted by Crippen LogP contribution is 2.15. The van der Waals surface area contributed by atoms with Crippen LogP contribution >= 0.6 is 11.3 Å². The van der Waals surface area contributed by atoms with Crippen molar-refractivity contribution in [3.05, 3.63) is 81.8 Å². The standard InChI is InChI=1S/C22H26N4OS/c1-17-26-20(16-28-17)11-12-24-22(23-2)25-14-19-9-6-10-21(13-19)27-15-18-7-4-3-5-8-18/h3-10,13,16H,11-12,14-15H2,1-2H3,(H2,23,24,25). The molecule has 0 atom stereocenters. The number of nitrogens with zero attached hydrogens (tertiary/aromatic N) is 2. The highest BCUT2D eigenvalue weighted by Gasteiger charge is 2.02. The summed E-state index contributed by atoms with van der Waals surface area (Å²) in [6, 6.07) is 18.3. The van der Waals surface area contributed by atoms with E-state index >= 15 is 0 Å². The Morgan fingerprint density at radius 2 is 1.89 bits per heavy atom. The summed E-state index contributed by atoms with van der Waals surface area (Å²) in [5, 5.41) is 9.88. The number of hydrogen-bond donors (Lipinski definition) is 2. The van der Waals surface area contributed by atoms with Crippen LogP contribution in [0, 0.1) is 6.92 Å². The first-order valence-corrected chi connectivity index (χ1v) is 10.2. The van der Waals surface area contributed by atoms with Crippen LogP contribution in [0.2, 0.25) is 0 Å². The molecule has 1 aromatic heterocycles. The van der Waals surface area contributed by atoms with E-state index in [9.17, 15) is 0 Å². The van der Waals surface area contributed by atoms with Gasteiger partial charge >= 0.3 is 0 Å². The number of thiazole rings is 1. The van der Waals surface area contributed by atoms with Gasteiger partial charge < -0.3 is 15.4 Å². The summed E-state index contributed by atoms with van der Waals surface area (Å²) in [7, 11) is 1.78. The molecule has 0 unspecified atom stereocenters. The van der Waals surface area contributed by atoms with E-state index in [2.05, 4.69) is 50.3 Å². The Labute approximate surface area is 170 Å². The van der Waals surface area contributed by atoms with Gasteiger partial charge in [0.15, 0.2) is 5.96 Å². The second-order valence-corrected chi connectivity index (χ2v) is 7.44. The fraction of sp³-hybridized carbons (Fsp3) is 0.273. The molecular weight excluding hydrogens is 368 g/mol. The lowest BCUT2D eigenvalue weighted by Gasteiger charge is -2.12. The summed E-state index contributed by atoms with van der Waals surface area (Å²) in [5.74, 6) is 1.65. The highest BCUT2D eigenvalue weighted by molar-refractivity contribution is 7.09. The van der Waals surface area contributed by atoms with Crippen molar-refractivity contribution >= 4 is 17.3 Å². The van der Waals surface area contributed by atoms with E-state index < -0.39 is 0 Å². The number of nitrogens with one attached hydrogen (secondary N) is 2. The Morgan fingerprint density at radius 1 is 1.07 bits per heavy atom. The number of ether oxygens (including phenoxy) is 1. The smallest absolute Gasteiger partial charge is 0.191 e. The van der Waals surface area contributed by atoms with E-state index in [0.29, 0.717) is 13.2 Å². The van der Waals surface area contributed by atoms with Gasteiger partial charge in [-0.1, -0.05) is 42.5 Å². The molecule has 0 aliphatic carbocycles. The quantitative estimate of drug-likeness (QED) is 0.449. The largest absolute Gasteiger partial charge is 0.489 e. The normalized spacial score (nSPS) is 11.3. The minimum Gasteiger partial charge on any atom is -0.489 e. The molecule has 0 amide bonds. The van der Waals surface area contributed by atoms with Crippen LogP contribution in [0.3, 0.4) is 0 Å². The Morgan fingerprint density at radius 3 is 2.64 bits per heavy atom. The van der Waals surface area contributed by atoms with Gasteiger partial charge in [-0.15, -0.1) is 11.3 Å². The van der Waals surface area contributed by atoms with Crippen molar-refractivity contribution in [3.63, 3.8) is 0 Å². The van der Waals surface area contributed by atoms with Crippen molar-refractivity contribution < 1.29 is 4.74 Å². The Bertz CT molecular complexity index is 892. The summed E-state index contributed by atoms with van der Waals surface area (Å²) in [4.78, 5) is 8.76. The van der Waals surface area contributed by atoms with Crippen LogP contribution in [0.25, 0.3) is 0 Å². The highest BCUT2D eigenvalue weighted by atomic mass is 32.1. The maximum absolute atomic E-state index is 5.90. The predicted octanol–water partition coefficient (Wildman–Crippen LogP) is 3.94. The third-order valence-corrected chi connectivity index (χ3v) is 4.99. The van der Waals surface area contributed by atoms with Crippen LogP contribution in [0.15, 0.2) is 65.0 Å². The van der Waals surface area contributed by atoms with Crippen molar-refractivity contribution in [2.75, 3.05) is 13.6 Å². The third kappa shape index (κ3) is 6.39. The molecule has 6 heteroatoms. The van der Waals surface area contributed by atoms with Crippen molar-refractivity contribution in [1.82, 2.24) is 15.6 Å². The van der Waals surface area contributed by atoms with Gasteiger partial charge in [-0.25, -0.2) is 4.98 Å². The molecule has 0 radical (unpaired) electrons. The van der Waals surface area contributed by atoms with E-state index in [-0.39, 0.29) is 0 Å². The number of rotatable bonds is 8. The molecule has 1 heterocycles. The van der Waals surface area contributed by atoms with Gasteiger partial charge in [-0.05, 0) is 30.2 Å². The maximum Gasteiger partial charge on any atom is 0.191 e. The average Bonchev–Trinajstić information content (AvgIpc) is 3.15. The lowest BCUT2D eigenvalue weighted by atomic mass is 10.2. The van der Waals surface area contributed by atoms with Gasteiger partial charge in [-0.2, -0.15) is 0 Å². The Kier molecular flexibility index (Phi) is 7.44. The zero-order valence-corrected chi connectivity index (χ0v) is 17.1. The first-order valence-electron chi connectivity index (χ1n) is 9.34. The molecular formula is C22H26N4OS. The lowest BCUT2D eigenvalue weighted by Crippen LogP contribution is -2.37. The second-order valence-electron chi connectivity index (χ2n) is 6.38. The van der Waals surface area contributed by atoms with Gasteiger partial charge in [0.2, 0.25) is 0 Å². The van der Waals surface area contributed by atoms with E-state index in [0.717, 1.165) is 46.5 Å². The Hall–Kier alpha value is -2.86. The van der Waals surface area contributed by atoms with E-state index in [4.69, 9.17) is 4.74 Å². The van der Waals surface area contributed by atoms with Crippen LogP contribution < -0.4 is 15.4 Å². The van der Waals surface area contributed by atoms with Gasteiger partial charge in [0.1, 0.15) is 12.4 Å². The summed E-state index contributed by atoms with van der Waals surface area (Å²) in [6.07, 6.45) is 0.883. The minimum atomic E-state index is 0.567. The summed E-state index contributed by atoms with van der Waals surface area (Å²) in [5.41, 5.74) is 3.42. The van der Waals surface area contributed by atoms with E-state index in [1.54, 1.807) is 18.4 Å². The molecule has 3 aromatic rings. The van der Waals surface area contributed by atoms with Crippen molar-refractivity contribution in [2.24, 2.45) is 4.99 Å². The van der Waals surface area contributed by atoms with Crippen LogP contribution in [0.5, 0.6) is 5.75 Å². The zero-order valence-electron chi connectivity index (χ0n) is 16.3. The molecule has 0 aliphatic rings. The van der Waals surface area contributed by atoms with Gasteiger partial charge in [0.05, 0.1) is 10.7 Å². The van der Waals surface area contributed by atoms with Crippen LogP contribution in [-0.4, -0.2) is 24.5 Å². The topological polar surface area (TPSA) is 58.5 Å². The lowest BCUT2D eigenvalue weighted by molar-refractivity contribution is 0.306. The van der Waals surface area contributed by atoms with Crippen molar-refractivity contribution in [3.8, 4) is 5.75 Å². The van der Waals surface area contributed by atoms with Crippen LogP contribution in [0.4, 0.5) is 0 Å². The molecule has 0 spiro atoms. The fourth-order valence-corrected chi connectivity index (χ4v) is 3.37. The predicted molar refractivity (Wildman–Crippen MR) is 116 cm³/mol. The van der Waals surface area contributed by atoms with Crippen LogP contribution in [0.1, 0.15) is 21.8 Å². The molecule has 3 rings (SSSR count). The molecule has 5 nitrogen and oxygen atoms in total. The SMILES string of the molecule is CN=C(NCCc1csc(C)n1)NCc1cccc(OCc2ccccc2)c1. The summed E-state index contributed by atoms with van der Waals surface area (Å²) < 4.78 is 5.90. The molecule has 2 aromatic carbocycles. The monoisotopic (exact) mass is 394 g/mol. The molecule has 146 valence electrons. The molecule has 0 saturated heterocycles.